The number of hydrogen-bond donors (Lipinski definition) is 1. The minimum atomic E-state index is -0.654. The molecular formula is C22H21ClN2O4. The third kappa shape index (κ3) is 4.32. The first-order valence-electron chi connectivity index (χ1n) is 9.27. The number of imide groups is 1. The summed E-state index contributed by atoms with van der Waals surface area (Å²) >= 11 is 6.16. The minimum Gasteiger partial charge on any atom is -0.459 e. The fourth-order valence-corrected chi connectivity index (χ4v) is 3.08. The molecule has 0 atom stereocenters. The number of carbonyl (C=O) groups is 3. The van der Waals surface area contributed by atoms with Crippen LogP contribution in [0.15, 0.2) is 59.3 Å². The smallest absolute Gasteiger partial charge is 0.338 e. The second kappa shape index (κ2) is 8.49. The van der Waals surface area contributed by atoms with Crippen molar-refractivity contribution in [3.63, 3.8) is 0 Å². The average Bonchev–Trinajstić information content (AvgIpc) is 2.91. The van der Waals surface area contributed by atoms with E-state index in [1.54, 1.807) is 32.0 Å². The van der Waals surface area contributed by atoms with Gasteiger partial charge in [-0.3, -0.25) is 9.59 Å². The third-order valence-corrected chi connectivity index (χ3v) is 4.69. The highest BCUT2D eigenvalue weighted by Gasteiger charge is 2.39. The number of nitrogens with zero attached hydrogens (tertiary/aromatic N) is 1. The zero-order chi connectivity index (χ0) is 21.1. The van der Waals surface area contributed by atoms with Gasteiger partial charge in [0, 0.05) is 5.69 Å². The molecule has 0 saturated carbocycles. The molecule has 6 nitrogen and oxygen atoms in total. The number of rotatable bonds is 6. The van der Waals surface area contributed by atoms with Crippen LogP contribution in [0.5, 0.6) is 0 Å². The summed E-state index contributed by atoms with van der Waals surface area (Å²) in [5.41, 5.74) is 2.28. The molecule has 0 unspecified atom stereocenters. The maximum Gasteiger partial charge on any atom is 0.338 e. The van der Waals surface area contributed by atoms with Crippen LogP contribution in [0.25, 0.3) is 0 Å². The quantitative estimate of drug-likeness (QED) is 0.567. The monoisotopic (exact) mass is 412 g/mol. The van der Waals surface area contributed by atoms with Crippen molar-refractivity contribution in [3.8, 4) is 0 Å². The molecule has 0 aromatic heterocycles. The summed E-state index contributed by atoms with van der Waals surface area (Å²) in [4.78, 5) is 38.6. The van der Waals surface area contributed by atoms with E-state index >= 15 is 0 Å². The van der Waals surface area contributed by atoms with Crippen molar-refractivity contribution < 1.29 is 19.1 Å². The molecule has 0 spiro atoms. The number of esters is 1. The Kier molecular flexibility index (Phi) is 6.03. The van der Waals surface area contributed by atoms with Crippen molar-refractivity contribution in [1.82, 2.24) is 0 Å². The molecule has 3 rings (SSSR count). The predicted octanol–water partition coefficient (Wildman–Crippen LogP) is 4.25. The zero-order valence-electron chi connectivity index (χ0n) is 16.4. The molecule has 7 heteroatoms. The molecular weight excluding hydrogens is 392 g/mol. The first kappa shape index (κ1) is 20.6. The molecule has 0 bridgehead atoms. The average molecular weight is 413 g/mol. The highest BCUT2D eigenvalue weighted by Crippen LogP contribution is 2.30. The van der Waals surface area contributed by atoms with Gasteiger partial charge in [0.2, 0.25) is 0 Å². The van der Waals surface area contributed by atoms with Gasteiger partial charge in [-0.1, -0.05) is 36.7 Å². The van der Waals surface area contributed by atoms with Crippen molar-refractivity contribution in [1.29, 1.82) is 0 Å². The Morgan fingerprint density at radius 1 is 1.10 bits per heavy atom. The molecule has 1 aliphatic heterocycles. The third-order valence-electron chi connectivity index (χ3n) is 4.34. The molecule has 1 N–H and O–H groups in total. The van der Waals surface area contributed by atoms with Gasteiger partial charge in [0.15, 0.2) is 0 Å². The lowest BCUT2D eigenvalue weighted by Crippen LogP contribution is -2.32. The first-order valence-corrected chi connectivity index (χ1v) is 9.65. The van der Waals surface area contributed by atoms with Gasteiger partial charge in [-0.25, -0.2) is 9.69 Å². The summed E-state index contributed by atoms with van der Waals surface area (Å²) in [6.45, 7) is 5.53. The summed E-state index contributed by atoms with van der Waals surface area (Å²) in [5.74, 6) is -1.78. The van der Waals surface area contributed by atoms with E-state index in [4.69, 9.17) is 16.3 Å². The van der Waals surface area contributed by atoms with Gasteiger partial charge in [-0.2, -0.15) is 0 Å². The first-order chi connectivity index (χ1) is 13.8. The summed E-state index contributed by atoms with van der Waals surface area (Å²) in [6.07, 6.45) is 0.608. The molecule has 0 fully saturated rings. The van der Waals surface area contributed by atoms with Gasteiger partial charge in [-0.05, 0) is 56.2 Å². The number of ether oxygens (including phenoxy) is 1. The lowest BCUT2D eigenvalue weighted by molar-refractivity contribution is -0.120. The topological polar surface area (TPSA) is 75.7 Å². The van der Waals surface area contributed by atoms with Crippen LogP contribution in [0.3, 0.4) is 0 Å². The van der Waals surface area contributed by atoms with E-state index in [-0.39, 0.29) is 28.1 Å². The van der Waals surface area contributed by atoms with Gasteiger partial charge in [0.1, 0.15) is 10.7 Å². The number of nitrogens with one attached hydrogen (secondary N) is 1. The summed E-state index contributed by atoms with van der Waals surface area (Å²) in [5, 5.41) is 2.73. The van der Waals surface area contributed by atoms with E-state index in [0.717, 1.165) is 16.9 Å². The second-order valence-corrected chi connectivity index (χ2v) is 7.19. The van der Waals surface area contributed by atoms with Crippen LogP contribution in [0, 0.1) is 0 Å². The summed E-state index contributed by atoms with van der Waals surface area (Å²) in [7, 11) is 0. The number of amides is 2. The van der Waals surface area contributed by atoms with Crippen molar-refractivity contribution in [2.75, 3.05) is 10.2 Å². The number of aryl methyl sites for hydroxylation is 1. The molecule has 1 heterocycles. The van der Waals surface area contributed by atoms with Gasteiger partial charge in [0.25, 0.3) is 11.8 Å². The van der Waals surface area contributed by atoms with Crippen LogP contribution in [-0.4, -0.2) is 23.9 Å². The Labute approximate surface area is 174 Å². The summed E-state index contributed by atoms with van der Waals surface area (Å²) < 4.78 is 5.17. The Bertz CT molecular complexity index is 996. The number of hydrogen-bond acceptors (Lipinski definition) is 5. The number of halogens is 1. The highest BCUT2D eigenvalue weighted by atomic mass is 35.5. The largest absolute Gasteiger partial charge is 0.459 e. The van der Waals surface area contributed by atoms with Gasteiger partial charge in [0.05, 0.1) is 17.4 Å². The number of anilines is 2. The van der Waals surface area contributed by atoms with Crippen molar-refractivity contribution >= 4 is 40.8 Å². The fourth-order valence-electron chi connectivity index (χ4n) is 2.87. The van der Waals surface area contributed by atoms with Crippen LogP contribution < -0.4 is 10.2 Å². The van der Waals surface area contributed by atoms with Crippen LogP contribution in [-0.2, 0) is 20.7 Å². The van der Waals surface area contributed by atoms with E-state index < -0.39 is 17.8 Å². The number of carbonyl (C=O) groups excluding carboxylic acids is 3. The fraction of sp³-hybridized carbons (Fsp3) is 0.227. The molecule has 0 aliphatic carbocycles. The van der Waals surface area contributed by atoms with E-state index in [0.29, 0.717) is 5.69 Å². The van der Waals surface area contributed by atoms with Gasteiger partial charge >= 0.3 is 5.97 Å². The maximum absolute atomic E-state index is 12.9. The molecule has 0 radical (unpaired) electrons. The van der Waals surface area contributed by atoms with Crippen molar-refractivity contribution in [2.24, 2.45) is 0 Å². The van der Waals surface area contributed by atoms with Crippen molar-refractivity contribution in [3.05, 3.63) is 70.4 Å². The summed E-state index contributed by atoms with van der Waals surface area (Å²) in [6, 6.07) is 13.6. The minimum absolute atomic E-state index is 0.00363. The zero-order valence-corrected chi connectivity index (χ0v) is 17.1. The Morgan fingerprint density at radius 2 is 1.79 bits per heavy atom. The van der Waals surface area contributed by atoms with E-state index in [2.05, 4.69) is 5.32 Å². The molecule has 2 aromatic carbocycles. The SMILES string of the molecule is CCc1ccc(NC2=C(Cl)C(=O)N(c3cccc(C(=O)OC(C)C)c3)C2=O)cc1. The van der Waals surface area contributed by atoms with Crippen LogP contribution in [0.1, 0.15) is 36.7 Å². The number of benzene rings is 2. The van der Waals surface area contributed by atoms with Crippen LogP contribution in [0.4, 0.5) is 11.4 Å². The molecule has 2 amide bonds. The Balaban J connectivity index is 1.85. The van der Waals surface area contributed by atoms with Crippen LogP contribution in [0.2, 0.25) is 0 Å². The molecule has 29 heavy (non-hydrogen) atoms. The molecule has 1 aliphatic rings. The van der Waals surface area contributed by atoms with Gasteiger partial charge in [-0.15, -0.1) is 0 Å². The van der Waals surface area contributed by atoms with E-state index in [1.807, 2.05) is 31.2 Å². The lowest BCUT2D eigenvalue weighted by Gasteiger charge is -2.16. The molecule has 0 saturated heterocycles. The van der Waals surface area contributed by atoms with Crippen LogP contribution >= 0.6 is 11.6 Å². The molecule has 150 valence electrons. The lowest BCUT2D eigenvalue weighted by atomic mass is 10.1. The highest BCUT2D eigenvalue weighted by molar-refractivity contribution is 6.53. The van der Waals surface area contributed by atoms with Gasteiger partial charge < -0.3 is 10.1 Å². The Morgan fingerprint density at radius 3 is 2.41 bits per heavy atom. The standard InChI is InChI=1S/C22H21ClN2O4/c1-4-14-8-10-16(11-9-14)24-19-18(23)20(26)25(21(19)27)17-7-5-6-15(12-17)22(28)29-13(2)3/h5-13,24H,4H2,1-3H3. The maximum atomic E-state index is 12.9. The van der Waals surface area contributed by atoms with Crippen molar-refractivity contribution in [2.45, 2.75) is 33.3 Å². The predicted molar refractivity (Wildman–Crippen MR) is 112 cm³/mol. The van der Waals surface area contributed by atoms with E-state index in [9.17, 15) is 14.4 Å². The second-order valence-electron chi connectivity index (χ2n) is 6.81. The molecule has 2 aromatic rings. The normalized spacial score (nSPS) is 14.0. The Hall–Kier alpha value is -3.12. The van der Waals surface area contributed by atoms with E-state index in [1.165, 1.54) is 6.07 Å².